The molecule has 5 rings (SSSR count). The van der Waals surface area contributed by atoms with E-state index in [0.29, 0.717) is 24.5 Å². The third-order valence-electron chi connectivity index (χ3n) is 5.58. The van der Waals surface area contributed by atoms with Crippen LogP contribution in [0.25, 0.3) is 10.9 Å². The van der Waals surface area contributed by atoms with Gasteiger partial charge in [-0.15, -0.1) is 0 Å². The highest BCUT2D eigenvalue weighted by Gasteiger charge is 2.34. The number of para-hydroxylation sites is 1. The van der Waals surface area contributed by atoms with Gasteiger partial charge in [0.2, 0.25) is 5.13 Å². The van der Waals surface area contributed by atoms with Gasteiger partial charge in [0.1, 0.15) is 11.6 Å². The number of fused-ring (bicyclic) bond motifs is 1. The lowest BCUT2D eigenvalue weighted by Crippen LogP contribution is -2.33. The van der Waals surface area contributed by atoms with E-state index in [4.69, 9.17) is 14.7 Å². The molecule has 2 aliphatic rings. The first-order valence-corrected chi connectivity index (χ1v) is 10.6. The molecule has 2 aromatic heterocycles. The van der Waals surface area contributed by atoms with Crippen molar-refractivity contribution in [1.82, 2.24) is 18.9 Å². The van der Waals surface area contributed by atoms with Crippen molar-refractivity contribution in [3.63, 3.8) is 0 Å². The largest absolute Gasteiger partial charge is 0.383 e. The number of methoxy groups -OCH3 is 1. The molecule has 1 saturated heterocycles. The summed E-state index contributed by atoms with van der Waals surface area (Å²) in [7, 11) is 1.65. The van der Waals surface area contributed by atoms with Gasteiger partial charge in [-0.3, -0.25) is 9.36 Å². The molecule has 0 spiro atoms. The molecule has 0 bridgehead atoms. The second-order valence-electron chi connectivity index (χ2n) is 7.50. The van der Waals surface area contributed by atoms with Gasteiger partial charge in [0.25, 0.3) is 5.56 Å². The van der Waals surface area contributed by atoms with E-state index in [1.807, 2.05) is 24.3 Å². The second-order valence-corrected chi connectivity index (χ2v) is 8.23. The minimum absolute atomic E-state index is 0.000401. The van der Waals surface area contributed by atoms with Gasteiger partial charge < -0.3 is 9.64 Å². The van der Waals surface area contributed by atoms with Crippen molar-refractivity contribution in [1.29, 1.82) is 0 Å². The zero-order valence-electron chi connectivity index (χ0n) is 15.9. The lowest BCUT2D eigenvalue weighted by Gasteiger charge is -2.26. The van der Waals surface area contributed by atoms with E-state index in [9.17, 15) is 4.79 Å². The summed E-state index contributed by atoms with van der Waals surface area (Å²) >= 11 is 1.47. The van der Waals surface area contributed by atoms with Crippen molar-refractivity contribution in [2.24, 2.45) is 0 Å². The van der Waals surface area contributed by atoms with Crippen LogP contribution in [0.5, 0.6) is 0 Å². The number of aromatic nitrogens is 4. The average molecular weight is 398 g/mol. The first-order chi connectivity index (χ1) is 13.8. The Kier molecular flexibility index (Phi) is 4.60. The fourth-order valence-corrected chi connectivity index (χ4v) is 4.78. The van der Waals surface area contributed by atoms with Gasteiger partial charge in [0, 0.05) is 31.1 Å². The Balaban J connectivity index is 1.58. The Morgan fingerprint density at radius 1 is 1.21 bits per heavy atom. The van der Waals surface area contributed by atoms with Gasteiger partial charge in [-0.1, -0.05) is 12.1 Å². The number of hydrogen-bond donors (Lipinski definition) is 0. The number of nitrogens with zero attached hydrogens (tertiary/aromatic N) is 5. The van der Waals surface area contributed by atoms with Crippen molar-refractivity contribution in [2.75, 3.05) is 25.2 Å². The summed E-state index contributed by atoms with van der Waals surface area (Å²) in [5.41, 5.74) is 0.749. The molecule has 146 valence electrons. The molecule has 1 saturated carbocycles. The standard InChI is InChI=1S/C20H23N5O2S/c1-27-12-11-25-18(21-15-6-3-2-5-14(15)19(25)26)16-7-4-10-24(16)20-22-17(23-28-20)13-8-9-13/h2-3,5-6,13,16H,4,7-12H2,1H3. The average Bonchev–Trinajstić information content (AvgIpc) is 3.25. The normalized spacial score (nSPS) is 19.6. The van der Waals surface area contributed by atoms with Gasteiger partial charge in [-0.25, -0.2) is 9.97 Å². The van der Waals surface area contributed by atoms with Crippen LogP contribution in [0.2, 0.25) is 0 Å². The molecule has 28 heavy (non-hydrogen) atoms. The number of ether oxygens (including phenoxy) is 1. The highest BCUT2D eigenvalue weighted by molar-refractivity contribution is 7.09. The van der Waals surface area contributed by atoms with E-state index in [1.165, 1.54) is 24.4 Å². The van der Waals surface area contributed by atoms with Crippen LogP contribution in [0.1, 0.15) is 49.3 Å². The maximum atomic E-state index is 13.2. The molecule has 0 amide bonds. The molecule has 1 aromatic carbocycles. The Morgan fingerprint density at radius 3 is 2.89 bits per heavy atom. The molecule has 1 aliphatic heterocycles. The van der Waals surface area contributed by atoms with Crippen LogP contribution in [-0.2, 0) is 11.3 Å². The molecular weight excluding hydrogens is 374 g/mol. The van der Waals surface area contributed by atoms with E-state index in [1.54, 1.807) is 11.7 Å². The Hall–Kier alpha value is -2.32. The molecule has 0 N–H and O–H groups in total. The Bertz CT molecular complexity index is 1060. The maximum absolute atomic E-state index is 13.2. The van der Waals surface area contributed by atoms with Gasteiger partial charge in [0.05, 0.1) is 30.1 Å². The summed E-state index contributed by atoms with van der Waals surface area (Å²) in [6, 6.07) is 7.60. The summed E-state index contributed by atoms with van der Waals surface area (Å²) in [5, 5.41) is 1.60. The molecule has 8 heteroatoms. The van der Waals surface area contributed by atoms with Gasteiger partial charge in [-0.2, -0.15) is 4.37 Å². The number of hydrogen-bond acceptors (Lipinski definition) is 7. The molecule has 3 aromatic rings. The third-order valence-corrected chi connectivity index (χ3v) is 6.35. The van der Waals surface area contributed by atoms with Crippen molar-refractivity contribution in [2.45, 2.75) is 44.2 Å². The molecule has 3 heterocycles. The number of rotatable bonds is 6. The van der Waals surface area contributed by atoms with Crippen molar-refractivity contribution < 1.29 is 4.74 Å². The van der Waals surface area contributed by atoms with E-state index in [0.717, 1.165) is 41.7 Å². The minimum atomic E-state index is 0.000401. The Labute approximate surface area is 167 Å². The summed E-state index contributed by atoms with van der Waals surface area (Å²) in [5.74, 6) is 2.33. The zero-order valence-corrected chi connectivity index (χ0v) is 16.7. The third kappa shape index (κ3) is 3.10. The van der Waals surface area contributed by atoms with Crippen LogP contribution in [0, 0.1) is 0 Å². The predicted octanol–water partition coefficient (Wildman–Crippen LogP) is 3.11. The molecule has 1 atom stereocenters. The number of benzene rings is 1. The van der Waals surface area contributed by atoms with E-state index in [2.05, 4.69) is 9.27 Å². The number of anilines is 1. The highest BCUT2D eigenvalue weighted by atomic mass is 32.1. The molecule has 1 aliphatic carbocycles. The van der Waals surface area contributed by atoms with Gasteiger partial charge in [-0.05, 0) is 37.8 Å². The summed E-state index contributed by atoms with van der Waals surface area (Å²) in [4.78, 5) is 25.2. The zero-order chi connectivity index (χ0) is 19.1. The van der Waals surface area contributed by atoms with E-state index < -0.39 is 0 Å². The fraction of sp³-hybridized carbons (Fsp3) is 0.500. The highest BCUT2D eigenvalue weighted by Crippen LogP contribution is 2.42. The quantitative estimate of drug-likeness (QED) is 0.636. The van der Waals surface area contributed by atoms with E-state index in [-0.39, 0.29) is 11.6 Å². The molecular formula is C20H23N5O2S. The topological polar surface area (TPSA) is 73.1 Å². The van der Waals surface area contributed by atoms with Gasteiger partial charge >= 0.3 is 0 Å². The molecule has 7 nitrogen and oxygen atoms in total. The first kappa shape index (κ1) is 17.8. The van der Waals surface area contributed by atoms with Crippen LogP contribution < -0.4 is 10.5 Å². The van der Waals surface area contributed by atoms with Crippen LogP contribution >= 0.6 is 11.5 Å². The SMILES string of the molecule is COCCn1c(C2CCCN2c2nc(C3CC3)ns2)nc2ccccc2c1=O. The maximum Gasteiger partial charge on any atom is 0.261 e. The van der Waals surface area contributed by atoms with Crippen LogP contribution in [-0.4, -0.2) is 39.2 Å². The minimum Gasteiger partial charge on any atom is -0.383 e. The van der Waals surface area contributed by atoms with E-state index >= 15 is 0 Å². The smallest absolute Gasteiger partial charge is 0.261 e. The van der Waals surface area contributed by atoms with Crippen LogP contribution in [0.15, 0.2) is 29.1 Å². The van der Waals surface area contributed by atoms with Crippen LogP contribution in [0.3, 0.4) is 0 Å². The summed E-state index contributed by atoms with van der Waals surface area (Å²) in [6.45, 7) is 1.89. The lowest BCUT2D eigenvalue weighted by molar-refractivity contribution is 0.184. The summed E-state index contributed by atoms with van der Waals surface area (Å²) < 4.78 is 11.6. The molecule has 2 fully saturated rings. The monoisotopic (exact) mass is 397 g/mol. The van der Waals surface area contributed by atoms with Crippen molar-refractivity contribution >= 4 is 27.6 Å². The van der Waals surface area contributed by atoms with Crippen molar-refractivity contribution in [3.8, 4) is 0 Å². The predicted molar refractivity (Wildman–Crippen MR) is 109 cm³/mol. The fourth-order valence-electron chi connectivity index (χ4n) is 3.95. The Morgan fingerprint density at radius 2 is 2.07 bits per heavy atom. The molecule has 1 unspecified atom stereocenters. The second kappa shape index (κ2) is 7.25. The van der Waals surface area contributed by atoms with Crippen molar-refractivity contribution in [3.05, 3.63) is 46.3 Å². The molecule has 0 radical (unpaired) electrons. The van der Waals surface area contributed by atoms with Crippen LogP contribution in [0.4, 0.5) is 5.13 Å². The first-order valence-electron chi connectivity index (χ1n) is 9.85. The summed E-state index contributed by atoms with van der Waals surface area (Å²) in [6.07, 6.45) is 4.40. The lowest BCUT2D eigenvalue weighted by atomic mass is 10.1. The van der Waals surface area contributed by atoms with Gasteiger partial charge in [0.15, 0.2) is 0 Å².